The van der Waals surface area contributed by atoms with Crippen LogP contribution in [0.3, 0.4) is 0 Å². The van der Waals surface area contributed by atoms with Crippen LogP contribution < -0.4 is 5.73 Å². The van der Waals surface area contributed by atoms with Gasteiger partial charge in [-0.3, -0.25) is 5.10 Å². The minimum Gasteiger partial charge on any atom is -0.382 e. The number of H-pyrrole nitrogens is 1. The summed E-state index contributed by atoms with van der Waals surface area (Å²) in [7, 11) is 0. The van der Waals surface area contributed by atoms with E-state index in [1.807, 2.05) is 6.07 Å². The molecule has 3 nitrogen and oxygen atoms in total. The van der Waals surface area contributed by atoms with E-state index in [1.165, 1.54) is 25.0 Å². The van der Waals surface area contributed by atoms with E-state index in [0.29, 0.717) is 17.2 Å². The second kappa shape index (κ2) is 2.76. The van der Waals surface area contributed by atoms with E-state index >= 15 is 0 Å². The first-order valence-electron chi connectivity index (χ1n) is 4.88. The van der Waals surface area contributed by atoms with Crippen molar-refractivity contribution in [2.75, 3.05) is 5.73 Å². The van der Waals surface area contributed by atoms with E-state index in [9.17, 15) is 0 Å². The molecule has 0 aliphatic heterocycles. The molecule has 72 valence electrons. The number of nitrogen functional groups attached to an aromatic ring is 1. The molecule has 1 saturated carbocycles. The Bertz CT molecular complexity index is 301. The van der Waals surface area contributed by atoms with Gasteiger partial charge < -0.3 is 5.73 Å². The van der Waals surface area contributed by atoms with Crippen LogP contribution in [0, 0.1) is 5.41 Å². The summed E-state index contributed by atoms with van der Waals surface area (Å²) in [6, 6.07) is 1.96. The summed E-state index contributed by atoms with van der Waals surface area (Å²) in [5.41, 5.74) is 7.27. The Morgan fingerprint density at radius 2 is 2.38 bits per heavy atom. The Hall–Kier alpha value is -0.990. The number of nitrogens with one attached hydrogen (secondary N) is 1. The molecule has 0 bridgehead atoms. The lowest BCUT2D eigenvalue weighted by atomic mass is 9.90. The quantitative estimate of drug-likeness (QED) is 0.695. The van der Waals surface area contributed by atoms with E-state index < -0.39 is 0 Å². The number of anilines is 1. The fourth-order valence-corrected chi connectivity index (χ4v) is 2.26. The van der Waals surface area contributed by atoms with E-state index in [-0.39, 0.29) is 0 Å². The van der Waals surface area contributed by atoms with Crippen LogP contribution in [0.5, 0.6) is 0 Å². The van der Waals surface area contributed by atoms with Gasteiger partial charge in [-0.1, -0.05) is 13.8 Å². The third-order valence-corrected chi connectivity index (χ3v) is 3.03. The first-order chi connectivity index (χ1) is 6.07. The van der Waals surface area contributed by atoms with Crippen LogP contribution in [0.4, 0.5) is 5.82 Å². The van der Waals surface area contributed by atoms with Gasteiger partial charge in [-0.25, -0.2) is 0 Å². The summed E-state index contributed by atoms with van der Waals surface area (Å²) in [5, 5.41) is 6.97. The number of aromatic nitrogens is 2. The maximum atomic E-state index is 5.57. The smallest absolute Gasteiger partial charge is 0.145 e. The van der Waals surface area contributed by atoms with Crippen LogP contribution in [-0.4, -0.2) is 10.2 Å². The zero-order valence-electron chi connectivity index (χ0n) is 8.30. The summed E-state index contributed by atoms with van der Waals surface area (Å²) in [6.45, 7) is 4.65. The second-order valence-corrected chi connectivity index (χ2v) is 4.85. The molecule has 0 radical (unpaired) electrons. The van der Waals surface area contributed by atoms with E-state index in [2.05, 4.69) is 24.0 Å². The summed E-state index contributed by atoms with van der Waals surface area (Å²) < 4.78 is 0. The van der Waals surface area contributed by atoms with E-state index in [4.69, 9.17) is 5.73 Å². The van der Waals surface area contributed by atoms with Gasteiger partial charge in [0.05, 0.1) is 0 Å². The summed E-state index contributed by atoms with van der Waals surface area (Å²) >= 11 is 0. The Kier molecular flexibility index (Phi) is 1.82. The molecule has 0 aromatic carbocycles. The summed E-state index contributed by atoms with van der Waals surface area (Å²) in [6.07, 6.45) is 3.81. The first-order valence-corrected chi connectivity index (χ1v) is 4.88. The highest BCUT2D eigenvalue weighted by Gasteiger charge is 2.32. The van der Waals surface area contributed by atoms with E-state index in [1.54, 1.807) is 0 Å². The monoisotopic (exact) mass is 179 g/mol. The highest BCUT2D eigenvalue weighted by molar-refractivity contribution is 5.30. The van der Waals surface area contributed by atoms with Gasteiger partial charge in [0.15, 0.2) is 0 Å². The van der Waals surface area contributed by atoms with Crippen molar-refractivity contribution < 1.29 is 0 Å². The van der Waals surface area contributed by atoms with Crippen molar-refractivity contribution in [3.63, 3.8) is 0 Å². The number of hydrogen-bond donors (Lipinski definition) is 2. The Labute approximate surface area is 78.7 Å². The van der Waals surface area contributed by atoms with Crippen LogP contribution in [0.25, 0.3) is 0 Å². The van der Waals surface area contributed by atoms with Gasteiger partial charge in [0, 0.05) is 17.7 Å². The predicted octanol–water partition coefficient (Wildman–Crippen LogP) is 2.29. The molecule has 1 aromatic heterocycles. The first kappa shape index (κ1) is 8.60. The summed E-state index contributed by atoms with van der Waals surface area (Å²) in [4.78, 5) is 0. The van der Waals surface area contributed by atoms with Crippen molar-refractivity contribution in [2.24, 2.45) is 5.41 Å². The molecule has 1 atom stereocenters. The molecule has 1 aliphatic rings. The highest BCUT2D eigenvalue weighted by Crippen LogP contribution is 2.45. The molecular formula is C10H17N3. The van der Waals surface area contributed by atoms with Crippen LogP contribution in [0.2, 0.25) is 0 Å². The molecule has 1 aliphatic carbocycles. The molecule has 1 fully saturated rings. The zero-order chi connectivity index (χ0) is 9.47. The molecule has 13 heavy (non-hydrogen) atoms. The average Bonchev–Trinajstić information content (AvgIpc) is 2.56. The number of aromatic amines is 1. The number of hydrogen-bond acceptors (Lipinski definition) is 2. The van der Waals surface area contributed by atoms with Crippen LogP contribution in [-0.2, 0) is 0 Å². The lowest BCUT2D eigenvalue weighted by Gasteiger charge is -2.16. The van der Waals surface area contributed by atoms with Crippen molar-refractivity contribution in [2.45, 2.75) is 39.0 Å². The molecular weight excluding hydrogens is 162 g/mol. The van der Waals surface area contributed by atoms with Gasteiger partial charge in [-0.15, -0.1) is 0 Å². The van der Waals surface area contributed by atoms with Crippen molar-refractivity contribution >= 4 is 5.82 Å². The Morgan fingerprint density at radius 3 is 2.85 bits per heavy atom. The molecule has 0 amide bonds. The van der Waals surface area contributed by atoms with Gasteiger partial charge in [-0.2, -0.15) is 5.10 Å². The fraction of sp³-hybridized carbons (Fsp3) is 0.700. The van der Waals surface area contributed by atoms with Gasteiger partial charge in [0.1, 0.15) is 5.82 Å². The fourth-order valence-electron chi connectivity index (χ4n) is 2.26. The van der Waals surface area contributed by atoms with Crippen LogP contribution >= 0.6 is 0 Å². The van der Waals surface area contributed by atoms with Crippen molar-refractivity contribution in [1.29, 1.82) is 0 Å². The number of nitrogens with two attached hydrogens (primary N) is 1. The zero-order valence-corrected chi connectivity index (χ0v) is 8.30. The van der Waals surface area contributed by atoms with Crippen molar-refractivity contribution in [1.82, 2.24) is 10.2 Å². The van der Waals surface area contributed by atoms with Gasteiger partial charge in [0.25, 0.3) is 0 Å². The topological polar surface area (TPSA) is 54.7 Å². The molecule has 1 unspecified atom stereocenters. The summed E-state index contributed by atoms with van der Waals surface area (Å²) in [5.74, 6) is 1.25. The van der Waals surface area contributed by atoms with Crippen molar-refractivity contribution in [3.8, 4) is 0 Å². The minimum atomic E-state index is 0.491. The molecule has 3 N–H and O–H groups in total. The third-order valence-electron chi connectivity index (χ3n) is 3.03. The normalized spacial score (nSPS) is 26.5. The standard InChI is InChI=1S/C10H17N3/c1-10(2)4-3-7(6-10)8-5-9(11)13-12-8/h5,7H,3-4,6H2,1-2H3,(H3,11,12,13). The molecule has 2 rings (SSSR count). The van der Waals surface area contributed by atoms with Gasteiger partial charge in [0.2, 0.25) is 0 Å². The number of nitrogens with zero attached hydrogens (tertiary/aromatic N) is 1. The maximum Gasteiger partial charge on any atom is 0.145 e. The van der Waals surface area contributed by atoms with Gasteiger partial charge >= 0.3 is 0 Å². The van der Waals surface area contributed by atoms with Gasteiger partial charge in [-0.05, 0) is 24.7 Å². The minimum absolute atomic E-state index is 0.491. The SMILES string of the molecule is CC1(C)CCC(c2cc(N)n[nH]2)C1. The van der Waals surface area contributed by atoms with E-state index in [0.717, 1.165) is 0 Å². The largest absolute Gasteiger partial charge is 0.382 e. The third kappa shape index (κ3) is 1.69. The molecule has 0 spiro atoms. The molecule has 0 saturated heterocycles. The second-order valence-electron chi connectivity index (χ2n) is 4.85. The number of rotatable bonds is 1. The molecule has 1 aromatic rings. The lowest BCUT2D eigenvalue weighted by molar-refractivity contribution is 0.375. The predicted molar refractivity (Wildman–Crippen MR) is 53.4 cm³/mol. The maximum absolute atomic E-state index is 5.57. The van der Waals surface area contributed by atoms with Crippen LogP contribution in [0.1, 0.15) is 44.7 Å². The molecule has 3 heteroatoms. The Balaban J connectivity index is 2.12. The van der Waals surface area contributed by atoms with Crippen molar-refractivity contribution in [3.05, 3.63) is 11.8 Å². The average molecular weight is 179 g/mol. The lowest BCUT2D eigenvalue weighted by Crippen LogP contribution is -2.04. The highest BCUT2D eigenvalue weighted by atomic mass is 15.2. The van der Waals surface area contributed by atoms with Crippen LogP contribution in [0.15, 0.2) is 6.07 Å². The molecule has 1 heterocycles. The Morgan fingerprint density at radius 1 is 1.62 bits per heavy atom.